The van der Waals surface area contributed by atoms with Crippen LogP contribution in [0.25, 0.3) is 0 Å². The van der Waals surface area contributed by atoms with Gasteiger partial charge in [0.15, 0.2) is 5.13 Å². The second-order valence-electron chi connectivity index (χ2n) is 9.65. The Labute approximate surface area is 215 Å². The minimum absolute atomic E-state index is 0.103. The van der Waals surface area contributed by atoms with Gasteiger partial charge in [-0.05, 0) is 31.5 Å². The molecule has 2 fully saturated rings. The monoisotopic (exact) mass is 517 g/mol. The van der Waals surface area contributed by atoms with Crippen molar-refractivity contribution in [1.82, 2.24) is 15.2 Å². The van der Waals surface area contributed by atoms with Crippen LogP contribution in [0.5, 0.6) is 0 Å². The van der Waals surface area contributed by atoms with Crippen LogP contribution in [0.15, 0.2) is 23.6 Å². The van der Waals surface area contributed by atoms with Crippen molar-refractivity contribution in [1.29, 1.82) is 0 Å². The molecule has 0 radical (unpaired) electrons. The summed E-state index contributed by atoms with van der Waals surface area (Å²) < 4.78 is 16.0. The lowest BCUT2D eigenvalue weighted by atomic mass is 10.00. The number of hydrogen-bond donors (Lipinski definition) is 2. The third-order valence-corrected chi connectivity index (χ3v) is 7.44. The van der Waals surface area contributed by atoms with Gasteiger partial charge in [-0.3, -0.25) is 14.5 Å². The number of rotatable bonds is 10. The zero-order chi connectivity index (χ0) is 25.7. The van der Waals surface area contributed by atoms with E-state index in [1.54, 1.807) is 25.7 Å². The van der Waals surface area contributed by atoms with Crippen molar-refractivity contribution < 1.29 is 23.8 Å². The molecule has 1 aromatic carbocycles. The van der Waals surface area contributed by atoms with Crippen molar-refractivity contribution >= 4 is 34.0 Å². The Balaban J connectivity index is 1.50. The average molecular weight is 518 g/mol. The summed E-state index contributed by atoms with van der Waals surface area (Å²) in [5.74, 6) is -0.620. The van der Waals surface area contributed by atoms with E-state index in [2.05, 4.69) is 39.3 Å². The van der Waals surface area contributed by atoms with Crippen LogP contribution in [0.2, 0.25) is 0 Å². The number of anilines is 2. The van der Waals surface area contributed by atoms with E-state index >= 15 is 0 Å². The molecule has 196 valence electrons. The van der Waals surface area contributed by atoms with Gasteiger partial charge in [0, 0.05) is 57.9 Å². The predicted molar refractivity (Wildman–Crippen MR) is 139 cm³/mol. The predicted octanol–water partition coefficient (Wildman–Crippen LogP) is 2.22. The first-order valence-electron chi connectivity index (χ1n) is 12.1. The van der Waals surface area contributed by atoms with Crippen LogP contribution in [0.4, 0.5) is 10.8 Å². The highest BCUT2D eigenvalue weighted by Crippen LogP contribution is 2.28. The summed E-state index contributed by atoms with van der Waals surface area (Å²) >= 11 is 1.42. The molecule has 2 N–H and O–H groups in total. The quantitative estimate of drug-likeness (QED) is 0.463. The molecule has 2 saturated heterocycles. The third-order valence-electron chi connectivity index (χ3n) is 6.54. The van der Waals surface area contributed by atoms with E-state index in [9.17, 15) is 9.59 Å². The van der Waals surface area contributed by atoms with Crippen molar-refractivity contribution in [2.75, 3.05) is 70.4 Å². The van der Waals surface area contributed by atoms with Crippen LogP contribution in [0.3, 0.4) is 0 Å². The van der Waals surface area contributed by atoms with Gasteiger partial charge >= 0.3 is 0 Å². The molecular formula is C25H35N5O5S. The first kappa shape index (κ1) is 26.5. The zero-order valence-electron chi connectivity index (χ0n) is 21.3. The van der Waals surface area contributed by atoms with Gasteiger partial charge in [-0.15, -0.1) is 11.3 Å². The maximum absolute atomic E-state index is 13.0. The number of hydrogen-bond acceptors (Lipinski definition) is 9. The van der Waals surface area contributed by atoms with Gasteiger partial charge in [0.1, 0.15) is 5.69 Å². The van der Waals surface area contributed by atoms with Gasteiger partial charge < -0.3 is 29.7 Å². The van der Waals surface area contributed by atoms with E-state index in [4.69, 9.17) is 14.2 Å². The number of benzene rings is 1. The third kappa shape index (κ3) is 6.22. The molecule has 36 heavy (non-hydrogen) atoms. The number of carbonyl (C=O) groups excluding carboxylic acids is 2. The van der Waals surface area contributed by atoms with Crippen LogP contribution in [0, 0.1) is 0 Å². The fourth-order valence-electron chi connectivity index (χ4n) is 4.20. The number of nitrogens with zero attached hydrogens (tertiary/aromatic N) is 3. The molecule has 11 heteroatoms. The number of nitrogens with one attached hydrogen (secondary N) is 2. The van der Waals surface area contributed by atoms with Gasteiger partial charge in [0.2, 0.25) is 0 Å². The Hall–Kier alpha value is -2.57. The maximum Gasteiger partial charge on any atom is 0.275 e. The summed E-state index contributed by atoms with van der Waals surface area (Å²) in [5, 5.41) is 8.27. The number of carbonyl (C=O) groups is 2. The molecule has 2 aliphatic heterocycles. The summed E-state index contributed by atoms with van der Waals surface area (Å²) in [4.78, 5) is 35.0. The molecule has 0 bridgehead atoms. The van der Waals surface area contributed by atoms with Gasteiger partial charge in [-0.25, -0.2) is 4.98 Å². The molecule has 0 aliphatic carbocycles. The van der Waals surface area contributed by atoms with E-state index in [-0.39, 0.29) is 23.5 Å². The van der Waals surface area contributed by atoms with Crippen molar-refractivity contribution in [3.05, 3.63) is 40.4 Å². The average Bonchev–Trinajstić information content (AvgIpc) is 3.30. The number of amides is 2. The molecule has 0 saturated carbocycles. The van der Waals surface area contributed by atoms with Crippen LogP contribution >= 0.6 is 11.3 Å². The molecular weight excluding hydrogens is 482 g/mol. The molecule has 0 atom stereocenters. The Bertz CT molecular complexity index is 1070. The Kier molecular flexibility index (Phi) is 8.58. The van der Waals surface area contributed by atoms with E-state index in [0.29, 0.717) is 49.9 Å². The van der Waals surface area contributed by atoms with Crippen molar-refractivity contribution in [3.63, 3.8) is 0 Å². The van der Waals surface area contributed by atoms with Gasteiger partial charge in [-0.2, -0.15) is 0 Å². The Morgan fingerprint density at radius 3 is 2.78 bits per heavy atom. The normalized spacial score (nSPS) is 18.1. The number of ether oxygens (including phenoxy) is 3. The zero-order valence-corrected chi connectivity index (χ0v) is 22.2. The minimum atomic E-state index is -0.352. The molecule has 1 aromatic heterocycles. The molecule has 0 unspecified atom stereocenters. The number of methoxy groups -OCH3 is 2. The van der Waals surface area contributed by atoms with Gasteiger partial charge in [0.25, 0.3) is 11.8 Å². The van der Waals surface area contributed by atoms with Crippen LogP contribution in [-0.4, -0.2) is 93.6 Å². The highest BCUT2D eigenvalue weighted by atomic mass is 32.1. The van der Waals surface area contributed by atoms with Crippen LogP contribution < -0.4 is 15.5 Å². The topological polar surface area (TPSA) is 105 Å². The lowest BCUT2D eigenvalue weighted by Crippen LogP contribution is -2.52. The number of morpholine rings is 1. The largest absolute Gasteiger partial charge is 0.383 e. The molecule has 2 aliphatic rings. The summed E-state index contributed by atoms with van der Waals surface area (Å²) in [5.41, 5.74) is 2.05. The molecule has 2 aromatic rings. The van der Waals surface area contributed by atoms with E-state index in [1.807, 2.05) is 12.1 Å². The molecule has 2 amide bonds. The summed E-state index contributed by atoms with van der Waals surface area (Å²) in [6.07, 6.45) is 0.201. The Morgan fingerprint density at radius 2 is 2.06 bits per heavy atom. The van der Waals surface area contributed by atoms with Gasteiger partial charge in [0.05, 0.1) is 37.2 Å². The summed E-state index contributed by atoms with van der Waals surface area (Å²) in [6.45, 7) is 9.43. The number of thiazole rings is 1. The SMILES string of the molecule is COCCNC(=O)c1cc(CN2CCOCC2(C)C)ccc1NC(=O)c1csc(N2CC(OC)C2)n1. The summed E-state index contributed by atoms with van der Waals surface area (Å²) in [6, 6.07) is 5.59. The number of aromatic nitrogens is 1. The lowest BCUT2D eigenvalue weighted by molar-refractivity contribution is -0.0552. The van der Waals surface area contributed by atoms with Crippen molar-refractivity contribution in [3.8, 4) is 0 Å². The summed E-state index contributed by atoms with van der Waals surface area (Å²) in [7, 11) is 3.28. The fraction of sp³-hybridized carbons (Fsp3) is 0.560. The van der Waals surface area contributed by atoms with E-state index < -0.39 is 0 Å². The first-order valence-corrected chi connectivity index (χ1v) is 13.0. The van der Waals surface area contributed by atoms with E-state index in [1.165, 1.54) is 11.3 Å². The molecule has 4 rings (SSSR count). The molecule has 0 spiro atoms. The highest BCUT2D eigenvalue weighted by molar-refractivity contribution is 7.14. The second-order valence-corrected chi connectivity index (χ2v) is 10.5. The first-order chi connectivity index (χ1) is 17.3. The van der Waals surface area contributed by atoms with Gasteiger partial charge in [-0.1, -0.05) is 6.07 Å². The van der Waals surface area contributed by atoms with E-state index in [0.717, 1.165) is 30.3 Å². The second kappa shape index (κ2) is 11.7. The Morgan fingerprint density at radius 1 is 1.25 bits per heavy atom. The van der Waals surface area contributed by atoms with Crippen LogP contribution in [-0.2, 0) is 20.8 Å². The van der Waals surface area contributed by atoms with Crippen molar-refractivity contribution in [2.45, 2.75) is 32.0 Å². The minimum Gasteiger partial charge on any atom is -0.383 e. The highest BCUT2D eigenvalue weighted by Gasteiger charge is 2.31. The molecule has 10 nitrogen and oxygen atoms in total. The standard InChI is InChI=1S/C25H35N5O5S/c1-25(2)16-35-10-8-30(25)12-17-5-6-20(19(11-17)22(31)26-7-9-33-3)27-23(32)21-15-36-24(28-21)29-13-18(14-29)34-4/h5-6,11,15,18H,7-10,12-14,16H2,1-4H3,(H,26,31)(H,27,32). The van der Waals surface area contributed by atoms with Crippen molar-refractivity contribution in [2.24, 2.45) is 0 Å². The van der Waals surface area contributed by atoms with Crippen LogP contribution in [0.1, 0.15) is 40.3 Å². The smallest absolute Gasteiger partial charge is 0.275 e. The maximum atomic E-state index is 13.0. The molecule has 3 heterocycles. The fourth-order valence-corrected chi connectivity index (χ4v) is 5.02. The lowest BCUT2D eigenvalue weighted by Gasteiger charge is -2.42.